The summed E-state index contributed by atoms with van der Waals surface area (Å²) >= 11 is 0. The molecule has 13 heteroatoms. The van der Waals surface area contributed by atoms with Crippen molar-refractivity contribution in [1.82, 2.24) is 20.9 Å². The molecule has 0 bridgehead atoms. The first-order valence-electron chi connectivity index (χ1n) is 12.3. The van der Waals surface area contributed by atoms with Crippen molar-refractivity contribution in [2.45, 2.75) is 62.2 Å². The number of para-hydroxylation sites is 1. The number of guanidine groups is 2. The quantitative estimate of drug-likeness (QED) is 0.165. The molecule has 1 saturated heterocycles. The summed E-state index contributed by atoms with van der Waals surface area (Å²) in [5.41, 5.74) is 11.8. The molecule has 1 fully saturated rings. The number of nitrogens with zero attached hydrogens (tertiary/aromatic N) is 3. The number of nitrogens with two attached hydrogens (primary N) is 2. The van der Waals surface area contributed by atoms with Crippen molar-refractivity contribution >= 4 is 23.7 Å². The first-order chi connectivity index (χ1) is 17.3. The molecule has 4 atom stereocenters. The number of amides is 2. The number of aliphatic imine (C=N–C) groups is 1. The second-order valence-electron chi connectivity index (χ2n) is 10.9. The molecule has 1 aromatic rings. The highest BCUT2D eigenvalue weighted by Gasteiger charge is 2.75. The Morgan fingerprint density at radius 3 is 2.76 bits per heavy atom. The van der Waals surface area contributed by atoms with E-state index < -0.39 is 35.5 Å². The molecular weight excluding hydrogens is 480 g/mol. The fraction of sp³-hybridized carbons (Fsp3) is 0.583. The van der Waals surface area contributed by atoms with Gasteiger partial charge in [-0.15, -0.1) is 0 Å². The van der Waals surface area contributed by atoms with Crippen molar-refractivity contribution in [3.63, 3.8) is 0 Å². The SMILES string of the molecule is CC(=O)N(C)C[C@@H]1NC(N)=[N+]2CC(NC(=O)c3cccc4c3OCCC4(C)C)C(O)(O)[C@@]23NC(N)=N[C@@H]13. The van der Waals surface area contributed by atoms with E-state index in [0.29, 0.717) is 17.9 Å². The molecule has 4 aliphatic heterocycles. The summed E-state index contributed by atoms with van der Waals surface area (Å²) in [7, 11) is 1.63. The lowest BCUT2D eigenvalue weighted by Crippen LogP contribution is -2.79. The smallest absolute Gasteiger partial charge is 0.346 e. The fourth-order valence-corrected chi connectivity index (χ4v) is 5.91. The number of carbonyl (C=O) groups is 2. The minimum atomic E-state index is -2.55. The monoisotopic (exact) mass is 515 g/mol. The van der Waals surface area contributed by atoms with E-state index in [4.69, 9.17) is 16.2 Å². The topological polar surface area (TPSA) is 191 Å². The highest BCUT2D eigenvalue weighted by Crippen LogP contribution is 2.43. The van der Waals surface area contributed by atoms with E-state index in [2.05, 4.69) is 34.8 Å². The van der Waals surface area contributed by atoms with Crippen LogP contribution >= 0.6 is 0 Å². The summed E-state index contributed by atoms with van der Waals surface area (Å²) in [6.45, 7) is 6.24. The molecule has 13 nitrogen and oxygen atoms in total. The van der Waals surface area contributed by atoms with Crippen LogP contribution in [0.25, 0.3) is 0 Å². The Morgan fingerprint density at radius 2 is 2.05 bits per heavy atom. The number of fused-ring (bicyclic) bond motifs is 1. The van der Waals surface area contributed by atoms with Gasteiger partial charge in [0.05, 0.1) is 25.3 Å². The van der Waals surface area contributed by atoms with Crippen molar-refractivity contribution in [3.05, 3.63) is 29.3 Å². The molecule has 0 aromatic heterocycles. The largest absolute Gasteiger partial charge is 0.492 e. The van der Waals surface area contributed by atoms with Crippen molar-refractivity contribution in [2.75, 3.05) is 26.7 Å². The maximum absolute atomic E-state index is 13.5. The van der Waals surface area contributed by atoms with E-state index in [1.54, 1.807) is 19.2 Å². The highest BCUT2D eigenvalue weighted by atomic mass is 16.5. The molecule has 2 amide bonds. The van der Waals surface area contributed by atoms with Crippen LogP contribution in [0.2, 0.25) is 0 Å². The van der Waals surface area contributed by atoms with Crippen molar-refractivity contribution in [3.8, 4) is 5.75 Å². The summed E-state index contributed by atoms with van der Waals surface area (Å²) in [6.07, 6.45) is 0.818. The van der Waals surface area contributed by atoms with E-state index in [-0.39, 0.29) is 36.3 Å². The first kappa shape index (κ1) is 25.1. The number of hydrogen-bond donors (Lipinski definition) is 7. The maximum atomic E-state index is 13.5. The number of benzene rings is 1. The Balaban J connectivity index is 1.48. The third-order valence-corrected chi connectivity index (χ3v) is 8.14. The van der Waals surface area contributed by atoms with E-state index >= 15 is 0 Å². The predicted octanol–water partition coefficient (Wildman–Crippen LogP) is -2.70. The molecule has 0 aliphatic carbocycles. The van der Waals surface area contributed by atoms with Crippen molar-refractivity contribution < 1.29 is 29.1 Å². The van der Waals surface area contributed by atoms with E-state index in [9.17, 15) is 19.8 Å². The van der Waals surface area contributed by atoms with Crippen molar-refractivity contribution in [2.24, 2.45) is 16.5 Å². The average Bonchev–Trinajstić information content (AvgIpc) is 3.28. The zero-order valence-corrected chi connectivity index (χ0v) is 21.4. The summed E-state index contributed by atoms with van der Waals surface area (Å²) in [4.78, 5) is 31.3. The number of aliphatic hydroxyl groups is 2. The average molecular weight is 516 g/mol. The van der Waals surface area contributed by atoms with Crippen LogP contribution in [-0.4, -0.2) is 99.7 Å². The molecule has 1 aromatic carbocycles. The minimum absolute atomic E-state index is 0.00538. The molecular formula is C24H35N8O5+. The van der Waals surface area contributed by atoms with Crippen LogP contribution in [0.4, 0.5) is 0 Å². The predicted molar refractivity (Wildman–Crippen MR) is 134 cm³/mol. The molecule has 0 radical (unpaired) electrons. The molecule has 200 valence electrons. The van der Waals surface area contributed by atoms with Gasteiger partial charge in [-0.05, 0) is 17.9 Å². The Morgan fingerprint density at radius 1 is 1.32 bits per heavy atom. The van der Waals surface area contributed by atoms with Gasteiger partial charge in [-0.25, -0.2) is 9.57 Å². The zero-order chi connectivity index (χ0) is 26.9. The Hall–Kier alpha value is -3.58. The van der Waals surface area contributed by atoms with Gasteiger partial charge in [0.1, 0.15) is 23.9 Å². The molecule has 0 saturated carbocycles. The second-order valence-corrected chi connectivity index (χ2v) is 10.9. The van der Waals surface area contributed by atoms with Gasteiger partial charge in [0.25, 0.3) is 5.91 Å². The van der Waals surface area contributed by atoms with Gasteiger partial charge in [-0.2, -0.15) is 0 Å². The minimum Gasteiger partial charge on any atom is -0.492 e. The van der Waals surface area contributed by atoms with Gasteiger partial charge < -0.3 is 36.2 Å². The molecule has 4 heterocycles. The second kappa shape index (κ2) is 8.21. The lowest BCUT2D eigenvalue weighted by Gasteiger charge is -2.44. The molecule has 5 rings (SSSR count). The number of ether oxygens (including phenoxy) is 1. The van der Waals surface area contributed by atoms with Gasteiger partial charge in [-0.1, -0.05) is 26.0 Å². The van der Waals surface area contributed by atoms with E-state index in [1.807, 2.05) is 6.07 Å². The number of carbonyl (C=O) groups excluding carboxylic acids is 2. The number of nitrogens with one attached hydrogen (secondary N) is 3. The Kier molecular flexibility index (Phi) is 5.57. The third-order valence-electron chi connectivity index (χ3n) is 8.14. The molecule has 37 heavy (non-hydrogen) atoms. The fourth-order valence-electron chi connectivity index (χ4n) is 5.91. The van der Waals surface area contributed by atoms with Crippen molar-refractivity contribution in [1.29, 1.82) is 0 Å². The molecule has 1 unspecified atom stereocenters. The van der Waals surface area contributed by atoms with Gasteiger partial charge in [0.15, 0.2) is 5.96 Å². The standard InChI is InChI=1S/C24H34N8O5/c1-12(33)31(4)10-15-18-23(30-20(25)29-18)24(35,36)16(11-32(23)21(26)27-15)28-19(34)13-6-5-7-14-17(13)37-9-8-22(14,2)3/h5-7,15-16,18,35-36H,8-11H2,1-4H3,(H6,25,26,27,28,29,30,34)/p+1/t15-,16?,18-,23-/m0/s1. The van der Waals surface area contributed by atoms with Crippen LogP contribution in [0.15, 0.2) is 23.2 Å². The van der Waals surface area contributed by atoms with Gasteiger partial charge in [-0.3, -0.25) is 20.6 Å². The number of likely N-dealkylation sites (N-methyl/N-ethyl adjacent to an activating group) is 1. The first-order valence-corrected chi connectivity index (χ1v) is 12.3. The van der Waals surface area contributed by atoms with Gasteiger partial charge in [0, 0.05) is 19.5 Å². The van der Waals surface area contributed by atoms with Gasteiger partial charge in [0.2, 0.25) is 17.4 Å². The summed E-state index contributed by atoms with van der Waals surface area (Å²) < 4.78 is 7.41. The highest BCUT2D eigenvalue weighted by molar-refractivity contribution is 5.98. The van der Waals surface area contributed by atoms with Gasteiger partial charge >= 0.3 is 5.96 Å². The number of rotatable bonds is 4. The van der Waals surface area contributed by atoms with Crippen LogP contribution < -0.4 is 32.2 Å². The number of hydrogen-bond acceptors (Lipinski definition) is 10. The summed E-state index contributed by atoms with van der Waals surface area (Å²) in [5, 5.41) is 32.1. The molecule has 1 spiro atoms. The Bertz CT molecular complexity index is 1230. The normalized spacial score (nSPS) is 30.5. The molecule has 4 aliphatic rings. The summed E-state index contributed by atoms with van der Waals surface area (Å²) in [5.74, 6) is -2.60. The Labute approximate surface area is 214 Å². The lowest BCUT2D eigenvalue weighted by molar-refractivity contribution is -0.623. The lowest BCUT2D eigenvalue weighted by atomic mass is 9.79. The van der Waals surface area contributed by atoms with Crippen LogP contribution in [0, 0.1) is 0 Å². The zero-order valence-electron chi connectivity index (χ0n) is 21.4. The van der Waals surface area contributed by atoms with Crippen LogP contribution in [0.1, 0.15) is 43.1 Å². The van der Waals surface area contributed by atoms with Crippen LogP contribution in [0.5, 0.6) is 5.75 Å². The van der Waals surface area contributed by atoms with Crippen LogP contribution in [-0.2, 0) is 10.2 Å². The molecule has 9 N–H and O–H groups in total. The summed E-state index contributed by atoms with van der Waals surface area (Å²) in [6, 6.07) is 2.79. The maximum Gasteiger partial charge on any atom is 0.346 e. The van der Waals surface area contributed by atoms with Crippen LogP contribution in [0.3, 0.4) is 0 Å². The van der Waals surface area contributed by atoms with E-state index in [0.717, 1.165) is 12.0 Å². The van der Waals surface area contributed by atoms with E-state index in [1.165, 1.54) is 16.4 Å². The third kappa shape index (κ3) is 3.59.